The molecule has 0 aromatic heterocycles. The molecule has 23 heavy (non-hydrogen) atoms. The van der Waals surface area contributed by atoms with E-state index in [1.807, 2.05) is 30.1 Å². The van der Waals surface area contributed by atoms with Crippen LogP contribution in [0.5, 0.6) is 0 Å². The minimum atomic E-state index is 0.213. The van der Waals surface area contributed by atoms with E-state index in [9.17, 15) is 4.79 Å². The predicted octanol–water partition coefficient (Wildman–Crippen LogP) is 0.625. The van der Waals surface area contributed by atoms with E-state index in [4.69, 9.17) is 0 Å². The maximum absolute atomic E-state index is 12.4. The summed E-state index contributed by atoms with van der Waals surface area (Å²) in [6.45, 7) is 7.67. The SMILES string of the molecule is CN(Cc1ccccc1)C(=O)CN1CCN(C2CCNC2)CC1. The molecule has 2 saturated heterocycles. The van der Waals surface area contributed by atoms with Crippen LogP contribution in [0.1, 0.15) is 12.0 Å². The molecular formula is C18H28N4O. The molecule has 2 aliphatic rings. The fraction of sp³-hybridized carbons (Fsp3) is 0.611. The third-order valence-corrected chi connectivity index (χ3v) is 5.00. The molecule has 5 nitrogen and oxygen atoms in total. The highest BCUT2D eigenvalue weighted by molar-refractivity contribution is 5.78. The number of carbonyl (C=O) groups excluding carboxylic acids is 1. The lowest BCUT2D eigenvalue weighted by Gasteiger charge is -2.37. The second-order valence-corrected chi connectivity index (χ2v) is 6.69. The molecule has 0 aliphatic carbocycles. The molecule has 0 radical (unpaired) electrons. The molecule has 1 N–H and O–H groups in total. The summed E-state index contributed by atoms with van der Waals surface area (Å²) in [5.74, 6) is 0.213. The molecule has 1 aromatic carbocycles. The first kappa shape index (κ1) is 16.4. The van der Waals surface area contributed by atoms with E-state index >= 15 is 0 Å². The zero-order valence-corrected chi connectivity index (χ0v) is 14.1. The molecule has 1 aromatic rings. The van der Waals surface area contributed by atoms with Crippen molar-refractivity contribution in [1.82, 2.24) is 20.0 Å². The highest BCUT2D eigenvalue weighted by Gasteiger charge is 2.27. The Labute approximate surface area is 139 Å². The Hall–Kier alpha value is -1.43. The zero-order chi connectivity index (χ0) is 16.1. The van der Waals surface area contributed by atoms with Gasteiger partial charge in [-0.2, -0.15) is 0 Å². The largest absolute Gasteiger partial charge is 0.340 e. The van der Waals surface area contributed by atoms with Crippen molar-refractivity contribution < 1.29 is 4.79 Å². The van der Waals surface area contributed by atoms with E-state index in [0.29, 0.717) is 19.1 Å². The third-order valence-electron chi connectivity index (χ3n) is 5.00. The topological polar surface area (TPSA) is 38.8 Å². The molecule has 3 rings (SSSR count). The fourth-order valence-electron chi connectivity index (χ4n) is 3.50. The van der Waals surface area contributed by atoms with Crippen LogP contribution in [0.2, 0.25) is 0 Å². The van der Waals surface area contributed by atoms with Gasteiger partial charge in [-0.05, 0) is 18.5 Å². The second kappa shape index (κ2) is 7.90. The van der Waals surface area contributed by atoms with Gasteiger partial charge in [-0.3, -0.25) is 14.6 Å². The van der Waals surface area contributed by atoms with Gasteiger partial charge in [0.1, 0.15) is 0 Å². The van der Waals surface area contributed by atoms with Crippen LogP contribution < -0.4 is 5.32 Å². The Bertz CT molecular complexity index is 493. The first-order valence-corrected chi connectivity index (χ1v) is 8.67. The summed E-state index contributed by atoms with van der Waals surface area (Å²) in [5, 5.41) is 3.44. The number of nitrogens with one attached hydrogen (secondary N) is 1. The van der Waals surface area contributed by atoms with Crippen LogP contribution in [0, 0.1) is 0 Å². The van der Waals surface area contributed by atoms with Gasteiger partial charge in [-0.15, -0.1) is 0 Å². The van der Waals surface area contributed by atoms with E-state index < -0.39 is 0 Å². The lowest BCUT2D eigenvalue weighted by molar-refractivity contribution is -0.132. The summed E-state index contributed by atoms with van der Waals surface area (Å²) in [7, 11) is 1.90. The number of nitrogens with zero attached hydrogens (tertiary/aromatic N) is 3. The first-order valence-electron chi connectivity index (χ1n) is 8.67. The van der Waals surface area contributed by atoms with Crippen molar-refractivity contribution in [3.63, 3.8) is 0 Å². The number of amides is 1. The van der Waals surface area contributed by atoms with E-state index in [1.54, 1.807) is 0 Å². The number of piperazine rings is 1. The van der Waals surface area contributed by atoms with Gasteiger partial charge >= 0.3 is 0 Å². The standard InChI is InChI=1S/C18H28N4O/c1-20(14-16-5-3-2-4-6-16)18(23)15-21-9-11-22(12-10-21)17-7-8-19-13-17/h2-6,17,19H,7-15H2,1H3. The van der Waals surface area contributed by atoms with Crippen LogP contribution in [0.3, 0.4) is 0 Å². The Balaban J connectivity index is 1.41. The molecule has 1 atom stereocenters. The number of rotatable bonds is 5. The zero-order valence-electron chi connectivity index (χ0n) is 14.1. The monoisotopic (exact) mass is 316 g/mol. The second-order valence-electron chi connectivity index (χ2n) is 6.69. The van der Waals surface area contributed by atoms with Gasteiger partial charge in [0.15, 0.2) is 0 Å². The summed E-state index contributed by atoms with van der Waals surface area (Å²) in [6, 6.07) is 10.9. The van der Waals surface area contributed by atoms with E-state index in [2.05, 4.69) is 27.2 Å². The highest BCUT2D eigenvalue weighted by Crippen LogP contribution is 2.12. The van der Waals surface area contributed by atoms with Crippen molar-refractivity contribution in [3.05, 3.63) is 35.9 Å². The van der Waals surface area contributed by atoms with Gasteiger partial charge in [0.25, 0.3) is 0 Å². The molecule has 2 aliphatic heterocycles. The van der Waals surface area contributed by atoms with Crippen molar-refractivity contribution in [2.24, 2.45) is 0 Å². The van der Waals surface area contributed by atoms with E-state index in [1.165, 1.54) is 12.0 Å². The molecular weight excluding hydrogens is 288 g/mol. The quantitative estimate of drug-likeness (QED) is 0.865. The van der Waals surface area contributed by atoms with Crippen molar-refractivity contribution >= 4 is 5.91 Å². The van der Waals surface area contributed by atoms with Crippen molar-refractivity contribution in [1.29, 1.82) is 0 Å². The number of carbonyl (C=O) groups is 1. The Morgan fingerprint density at radius 2 is 1.96 bits per heavy atom. The van der Waals surface area contributed by atoms with Crippen LogP contribution in [-0.4, -0.2) is 79.5 Å². The molecule has 1 amide bonds. The van der Waals surface area contributed by atoms with E-state index in [-0.39, 0.29) is 5.91 Å². The molecule has 5 heteroatoms. The Morgan fingerprint density at radius 3 is 2.61 bits per heavy atom. The molecule has 0 saturated carbocycles. The van der Waals surface area contributed by atoms with Gasteiger partial charge in [0.05, 0.1) is 6.54 Å². The normalized spacial score (nSPS) is 23.1. The van der Waals surface area contributed by atoms with Gasteiger partial charge < -0.3 is 10.2 Å². The average molecular weight is 316 g/mol. The lowest BCUT2D eigenvalue weighted by atomic mass is 10.2. The Morgan fingerprint density at radius 1 is 1.22 bits per heavy atom. The van der Waals surface area contributed by atoms with Gasteiger partial charge in [-0.25, -0.2) is 0 Å². The Kier molecular flexibility index (Phi) is 5.65. The summed E-state index contributed by atoms with van der Waals surface area (Å²) in [6.07, 6.45) is 1.26. The minimum Gasteiger partial charge on any atom is -0.340 e. The van der Waals surface area contributed by atoms with Crippen molar-refractivity contribution in [3.8, 4) is 0 Å². The maximum Gasteiger partial charge on any atom is 0.236 e. The number of likely N-dealkylation sites (N-methyl/N-ethyl adjacent to an activating group) is 1. The number of hydrogen-bond acceptors (Lipinski definition) is 4. The molecule has 0 spiro atoms. The van der Waals surface area contributed by atoms with Crippen LogP contribution in [0.4, 0.5) is 0 Å². The number of hydrogen-bond donors (Lipinski definition) is 1. The maximum atomic E-state index is 12.4. The smallest absolute Gasteiger partial charge is 0.236 e. The molecule has 2 heterocycles. The third kappa shape index (κ3) is 4.53. The molecule has 2 fully saturated rings. The molecule has 126 valence electrons. The fourth-order valence-corrected chi connectivity index (χ4v) is 3.50. The number of benzene rings is 1. The van der Waals surface area contributed by atoms with Crippen molar-refractivity contribution in [2.75, 3.05) is 52.9 Å². The summed E-state index contributed by atoms with van der Waals surface area (Å²) in [5.41, 5.74) is 1.18. The van der Waals surface area contributed by atoms with Crippen LogP contribution >= 0.6 is 0 Å². The van der Waals surface area contributed by atoms with E-state index in [0.717, 1.165) is 39.3 Å². The summed E-state index contributed by atoms with van der Waals surface area (Å²) >= 11 is 0. The van der Waals surface area contributed by atoms with Crippen molar-refractivity contribution in [2.45, 2.75) is 19.0 Å². The lowest BCUT2D eigenvalue weighted by Crippen LogP contribution is -2.52. The minimum absolute atomic E-state index is 0.213. The molecule has 1 unspecified atom stereocenters. The predicted molar refractivity (Wildman–Crippen MR) is 92.2 cm³/mol. The van der Waals surface area contributed by atoms with Gasteiger partial charge in [-0.1, -0.05) is 30.3 Å². The van der Waals surface area contributed by atoms with Crippen LogP contribution in [0.25, 0.3) is 0 Å². The average Bonchev–Trinajstić information content (AvgIpc) is 3.11. The van der Waals surface area contributed by atoms with Gasteiger partial charge in [0.2, 0.25) is 5.91 Å². The molecule has 0 bridgehead atoms. The highest BCUT2D eigenvalue weighted by atomic mass is 16.2. The first-order chi connectivity index (χ1) is 11.2. The summed E-state index contributed by atoms with van der Waals surface area (Å²) in [4.78, 5) is 19.1. The van der Waals surface area contributed by atoms with Crippen LogP contribution in [0.15, 0.2) is 30.3 Å². The van der Waals surface area contributed by atoms with Crippen LogP contribution in [-0.2, 0) is 11.3 Å². The summed E-state index contributed by atoms with van der Waals surface area (Å²) < 4.78 is 0. The van der Waals surface area contributed by atoms with Gasteiger partial charge in [0, 0.05) is 52.4 Å².